The molecule has 0 radical (unpaired) electrons. The predicted molar refractivity (Wildman–Crippen MR) is 86.7 cm³/mol. The second-order valence-electron chi connectivity index (χ2n) is 5.58. The Labute approximate surface area is 135 Å². The number of hydrogen-bond acceptors (Lipinski definition) is 4. The number of nitrogens with zero attached hydrogens (tertiary/aromatic N) is 2. The van der Waals surface area contributed by atoms with Crippen LogP contribution in [0.3, 0.4) is 0 Å². The van der Waals surface area contributed by atoms with Crippen molar-refractivity contribution in [3.63, 3.8) is 0 Å². The molecule has 1 aromatic carbocycles. The summed E-state index contributed by atoms with van der Waals surface area (Å²) in [6, 6.07) is 7.53. The summed E-state index contributed by atoms with van der Waals surface area (Å²) >= 11 is 0. The van der Waals surface area contributed by atoms with Gasteiger partial charge in [0.1, 0.15) is 11.6 Å². The summed E-state index contributed by atoms with van der Waals surface area (Å²) < 4.78 is 5.13. The topological polar surface area (TPSA) is 79.9 Å². The highest BCUT2D eigenvalue weighted by molar-refractivity contribution is 5.76. The second kappa shape index (κ2) is 7.09. The van der Waals surface area contributed by atoms with E-state index in [0.29, 0.717) is 30.5 Å². The van der Waals surface area contributed by atoms with Crippen molar-refractivity contribution >= 4 is 5.91 Å². The van der Waals surface area contributed by atoms with Gasteiger partial charge in [-0.05, 0) is 43.0 Å². The van der Waals surface area contributed by atoms with Gasteiger partial charge < -0.3 is 10.1 Å². The van der Waals surface area contributed by atoms with Gasteiger partial charge >= 0.3 is 0 Å². The van der Waals surface area contributed by atoms with Gasteiger partial charge in [0, 0.05) is 12.0 Å². The van der Waals surface area contributed by atoms with E-state index in [9.17, 15) is 4.79 Å². The molecule has 2 aromatic rings. The molecule has 3 rings (SSSR count). The van der Waals surface area contributed by atoms with E-state index < -0.39 is 0 Å². The maximum Gasteiger partial charge on any atom is 0.220 e. The van der Waals surface area contributed by atoms with Crippen LogP contribution >= 0.6 is 0 Å². The van der Waals surface area contributed by atoms with Crippen molar-refractivity contribution in [1.82, 2.24) is 20.5 Å². The fourth-order valence-electron chi connectivity index (χ4n) is 2.60. The summed E-state index contributed by atoms with van der Waals surface area (Å²) in [6.07, 6.45) is 6.93. The molecule has 0 bridgehead atoms. The highest BCUT2D eigenvalue weighted by Crippen LogP contribution is 2.20. The number of aromatic nitrogens is 3. The second-order valence-corrected chi connectivity index (χ2v) is 5.58. The van der Waals surface area contributed by atoms with Crippen molar-refractivity contribution < 1.29 is 9.53 Å². The van der Waals surface area contributed by atoms with Crippen LogP contribution in [0.5, 0.6) is 5.75 Å². The average molecular weight is 312 g/mol. The lowest BCUT2D eigenvalue weighted by Crippen LogP contribution is -2.24. The third-order valence-corrected chi connectivity index (χ3v) is 3.89. The molecule has 120 valence electrons. The van der Waals surface area contributed by atoms with Crippen LogP contribution in [-0.4, -0.2) is 28.2 Å². The molecule has 0 spiro atoms. The Kier molecular flexibility index (Phi) is 4.71. The molecule has 0 unspecified atom stereocenters. The van der Waals surface area contributed by atoms with Crippen molar-refractivity contribution in [1.29, 1.82) is 0 Å². The summed E-state index contributed by atoms with van der Waals surface area (Å²) in [4.78, 5) is 16.3. The number of methoxy groups -OCH3 is 1. The largest absolute Gasteiger partial charge is 0.497 e. The fraction of sp³-hybridized carbons (Fsp3) is 0.353. The molecule has 2 N–H and O–H groups in total. The number of carbonyl (C=O) groups is 1. The molecule has 6 heteroatoms. The number of benzene rings is 1. The van der Waals surface area contributed by atoms with Crippen LogP contribution < -0.4 is 10.1 Å². The van der Waals surface area contributed by atoms with E-state index >= 15 is 0 Å². The van der Waals surface area contributed by atoms with Crippen molar-refractivity contribution in [3.8, 4) is 17.1 Å². The van der Waals surface area contributed by atoms with Gasteiger partial charge in [0.25, 0.3) is 0 Å². The van der Waals surface area contributed by atoms with Gasteiger partial charge in [0.2, 0.25) is 5.91 Å². The fourth-order valence-corrected chi connectivity index (χ4v) is 2.60. The zero-order valence-corrected chi connectivity index (χ0v) is 13.1. The molecular formula is C17H20N4O2. The standard InChI is InChI=1S/C17H20N4O2/c1-23-14-8-6-13(7-9-14)17-19-15(20-21-17)11-18-16(22)10-12-4-2-3-5-12/h2,4,6-9,12H,3,5,10-11H2,1H3,(H,18,22)(H,19,20,21)/t12-/m0/s1. The quantitative estimate of drug-likeness (QED) is 0.803. The number of rotatable bonds is 6. The van der Waals surface area contributed by atoms with Crippen LogP contribution in [0.2, 0.25) is 0 Å². The van der Waals surface area contributed by atoms with Crippen molar-refractivity contribution in [2.75, 3.05) is 7.11 Å². The maximum atomic E-state index is 11.9. The molecule has 0 saturated heterocycles. The first-order valence-corrected chi connectivity index (χ1v) is 7.73. The lowest BCUT2D eigenvalue weighted by molar-refractivity contribution is -0.121. The van der Waals surface area contributed by atoms with E-state index in [1.807, 2.05) is 24.3 Å². The SMILES string of the molecule is COc1ccc(-c2n[nH]c(CNC(=O)C[C@H]3C=CCC3)n2)cc1. The number of nitrogens with one attached hydrogen (secondary N) is 2. The van der Waals surface area contributed by atoms with Gasteiger partial charge in [-0.15, -0.1) is 0 Å². The zero-order chi connectivity index (χ0) is 16.1. The van der Waals surface area contributed by atoms with Gasteiger partial charge in [0.15, 0.2) is 5.82 Å². The summed E-state index contributed by atoms with van der Waals surface area (Å²) in [6.45, 7) is 0.360. The van der Waals surface area contributed by atoms with Crippen molar-refractivity contribution in [2.45, 2.75) is 25.8 Å². The van der Waals surface area contributed by atoms with Crippen molar-refractivity contribution in [2.24, 2.45) is 5.92 Å². The summed E-state index contributed by atoms with van der Waals surface area (Å²) in [5.41, 5.74) is 0.899. The van der Waals surface area contributed by atoms with Crippen LogP contribution in [0.4, 0.5) is 0 Å². The Morgan fingerprint density at radius 1 is 1.39 bits per heavy atom. The van der Waals surface area contributed by atoms with Gasteiger partial charge in [-0.2, -0.15) is 5.10 Å². The van der Waals surface area contributed by atoms with E-state index in [1.165, 1.54) is 0 Å². The summed E-state index contributed by atoms with van der Waals surface area (Å²) in [7, 11) is 1.63. The van der Waals surface area contributed by atoms with Gasteiger partial charge in [0.05, 0.1) is 13.7 Å². The Hall–Kier alpha value is -2.63. The number of allylic oxidation sites excluding steroid dienone is 2. The monoisotopic (exact) mass is 312 g/mol. The molecule has 1 atom stereocenters. The highest BCUT2D eigenvalue weighted by atomic mass is 16.5. The number of H-pyrrole nitrogens is 1. The third-order valence-electron chi connectivity index (χ3n) is 3.89. The molecular weight excluding hydrogens is 292 g/mol. The van der Waals surface area contributed by atoms with Gasteiger partial charge in [-0.1, -0.05) is 12.2 Å². The van der Waals surface area contributed by atoms with E-state index in [0.717, 1.165) is 24.2 Å². The van der Waals surface area contributed by atoms with Crippen LogP contribution in [0.25, 0.3) is 11.4 Å². The predicted octanol–water partition coefficient (Wildman–Crippen LogP) is 2.45. The number of carbonyl (C=O) groups excluding carboxylic acids is 1. The molecule has 0 aliphatic heterocycles. The van der Waals surface area contributed by atoms with Crippen LogP contribution in [-0.2, 0) is 11.3 Å². The minimum atomic E-state index is 0.0453. The first-order chi connectivity index (χ1) is 11.2. The minimum Gasteiger partial charge on any atom is -0.497 e. The normalized spacial score (nSPS) is 16.5. The molecule has 1 heterocycles. The van der Waals surface area contributed by atoms with Crippen LogP contribution in [0, 0.1) is 5.92 Å². The smallest absolute Gasteiger partial charge is 0.220 e. The maximum absolute atomic E-state index is 11.9. The molecule has 1 aliphatic carbocycles. The Balaban J connectivity index is 1.54. The minimum absolute atomic E-state index is 0.0453. The molecule has 1 aliphatic rings. The van der Waals surface area contributed by atoms with E-state index in [2.05, 4.69) is 32.7 Å². The van der Waals surface area contributed by atoms with Crippen molar-refractivity contribution in [3.05, 3.63) is 42.2 Å². The Morgan fingerprint density at radius 2 is 2.22 bits per heavy atom. The number of amides is 1. The lowest BCUT2D eigenvalue weighted by Gasteiger charge is -2.07. The Morgan fingerprint density at radius 3 is 2.91 bits per heavy atom. The van der Waals surface area contributed by atoms with Gasteiger partial charge in [-0.25, -0.2) is 4.98 Å². The number of ether oxygens (including phenoxy) is 1. The van der Waals surface area contributed by atoms with E-state index in [-0.39, 0.29) is 5.91 Å². The Bertz CT molecular complexity index is 691. The zero-order valence-electron chi connectivity index (χ0n) is 13.1. The molecule has 0 saturated carbocycles. The average Bonchev–Trinajstić information content (AvgIpc) is 3.25. The van der Waals surface area contributed by atoms with Crippen LogP contribution in [0.1, 0.15) is 25.1 Å². The van der Waals surface area contributed by atoms with Gasteiger partial charge in [-0.3, -0.25) is 9.89 Å². The lowest BCUT2D eigenvalue weighted by atomic mass is 10.1. The first-order valence-electron chi connectivity index (χ1n) is 7.73. The van der Waals surface area contributed by atoms with E-state index in [4.69, 9.17) is 4.74 Å². The molecule has 6 nitrogen and oxygen atoms in total. The summed E-state index contributed by atoms with van der Waals surface area (Å²) in [5, 5.41) is 9.93. The molecule has 1 amide bonds. The van der Waals surface area contributed by atoms with E-state index in [1.54, 1.807) is 7.11 Å². The molecule has 0 fully saturated rings. The molecule has 23 heavy (non-hydrogen) atoms. The molecule has 1 aromatic heterocycles. The van der Waals surface area contributed by atoms with Crippen LogP contribution in [0.15, 0.2) is 36.4 Å². The summed E-state index contributed by atoms with van der Waals surface area (Å²) in [5.74, 6) is 2.46. The third kappa shape index (κ3) is 3.97. The first kappa shape index (κ1) is 15.3. The number of hydrogen-bond donors (Lipinski definition) is 2. The number of aromatic amines is 1. The highest BCUT2D eigenvalue weighted by Gasteiger charge is 2.14.